The number of nitrogens with zero attached hydrogens (tertiary/aromatic N) is 2. The number of aromatic nitrogens is 3. The van der Waals surface area contributed by atoms with Crippen molar-refractivity contribution < 1.29 is 4.42 Å². The molecule has 1 aliphatic heterocycles. The lowest BCUT2D eigenvalue weighted by Crippen LogP contribution is -2.00. The highest BCUT2D eigenvalue weighted by molar-refractivity contribution is 7.98. The molecule has 0 fully saturated rings. The number of nitrogens with one attached hydrogen (secondary N) is 1. The van der Waals surface area contributed by atoms with Gasteiger partial charge in [0.1, 0.15) is 5.69 Å². The molecule has 6 heteroatoms. The fourth-order valence-electron chi connectivity index (χ4n) is 2.14. The summed E-state index contributed by atoms with van der Waals surface area (Å²) in [5.41, 5.74) is 3.32. The second-order valence-electron chi connectivity index (χ2n) is 4.33. The van der Waals surface area contributed by atoms with Crippen molar-refractivity contribution in [3.8, 4) is 22.3 Å². The molecule has 0 saturated carbocycles. The summed E-state index contributed by atoms with van der Waals surface area (Å²) in [4.78, 5) is 12.6. The maximum absolute atomic E-state index is 5.36. The Morgan fingerprint density at radius 3 is 3.16 bits per heavy atom. The van der Waals surface area contributed by atoms with Crippen molar-refractivity contribution in [1.82, 2.24) is 15.0 Å². The Bertz CT molecular complexity index is 676. The van der Waals surface area contributed by atoms with Crippen LogP contribution in [0.2, 0.25) is 0 Å². The van der Waals surface area contributed by atoms with E-state index in [0.29, 0.717) is 0 Å². The first-order valence-corrected chi connectivity index (χ1v) is 8.09. The molecular formula is C13H11N3OS2. The molecule has 0 bridgehead atoms. The van der Waals surface area contributed by atoms with Crippen LogP contribution in [0.4, 0.5) is 0 Å². The average molecular weight is 289 g/mol. The lowest BCUT2D eigenvalue weighted by molar-refractivity contribution is 0.580. The Balaban J connectivity index is 1.71. The minimum absolute atomic E-state index is 0.800. The van der Waals surface area contributed by atoms with E-state index in [1.807, 2.05) is 29.3 Å². The first kappa shape index (κ1) is 11.3. The van der Waals surface area contributed by atoms with Gasteiger partial charge in [0.25, 0.3) is 0 Å². The van der Waals surface area contributed by atoms with E-state index in [-0.39, 0.29) is 0 Å². The summed E-state index contributed by atoms with van der Waals surface area (Å²) >= 11 is 3.54. The Labute approximate surface area is 118 Å². The van der Waals surface area contributed by atoms with Gasteiger partial charge in [0.2, 0.25) is 0 Å². The number of hydrogen-bond donors (Lipinski definition) is 1. The molecule has 1 aliphatic rings. The number of aromatic amines is 1. The van der Waals surface area contributed by atoms with E-state index in [0.717, 1.165) is 40.2 Å². The van der Waals surface area contributed by atoms with Gasteiger partial charge in [-0.1, -0.05) is 0 Å². The summed E-state index contributed by atoms with van der Waals surface area (Å²) in [6.45, 7) is 0. The van der Waals surface area contributed by atoms with E-state index >= 15 is 0 Å². The van der Waals surface area contributed by atoms with Gasteiger partial charge in [-0.05, 0) is 17.9 Å². The predicted octanol–water partition coefficient (Wildman–Crippen LogP) is 3.58. The van der Waals surface area contributed by atoms with Crippen LogP contribution in [-0.4, -0.2) is 20.7 Å². The molecule has 4 rings (SSSR count). The van der Waals surface area contributed by atoms with Crippen molar-refractivity contribution in [2.45, 2.75) is 12.2 Å². The number of fused-ring (bicyclic) bond motifs is 1. The fraction of sp³-hybridized carbons (Fsp3) is 0.231. The highest BCUT2D eigenvalue weighted by Crippen LogP contribution is 2.30. The molecule has 0 aliphatic carbocycles. The number of thiazole rings is 1. The number of furan rings is 1. The van der Waals surface area contributed by atoms with Gasteiger partial charge in [0.15, 0.2) is 16.6 Å². The van der Waals surface area contributed by atoms with E-state index in [1.54, 1.807) is 17.6 Å². The molecule has 0 saturated heterocycles. The van der Waals surface area contributed by atoms with E-state index in [1.165, 1.54) is 11.4 Å². The van der Waals surface area contributed by atoms with Crippen molar-refractivity contribution in [1.29, 1.82) is 0 Å². The normalized spacial score (nSPS) is 14.5. The fourth-order valence-corrected chi connectivity index (χ4v) is 3.81. The smallest absolute Gasteiger partial charge is 0.167 e. The van der Waals surface area contributed by atoms with Crippen LogP contribution in [0.1, 0.15) is 11.4 Å². The third-order valence-electron chi connectivity index (χ3n) is 3.07. The van der Waals surface area contributed by atoms with E-state index in [9.17, 15) is 0 Å². The molecule has 3 aromatic heterocycles. The summed E-state index contributed by atoms with van der Waals surface area (Å²) in [6.07, 6.45) is 2.71. The molecule has 1 N–H and O–H groups in total. The number of aryl methyl sites for hydroxylation is 1. The summed E-state index contributed by atoms with van der Waals surface area (Å²) in [5.74, 6) is 3.87. The molecule has 0 unspecified atom stereocenters. The number of H-pyrrole nitrogens is 1. The summed E-state index contributed by atoms with van der Waals surface area (Å²) < 4.78 is 5.36. The molecule has 0 spiro atoms. The Hall–Kier alpha value is -1.53. The largest absolute Gasteiger partial charge is 0.463 e. The Morgan fingerprint density at radius 1 is 1.32 bits per heavy atom. The zero-order valence-corrected chi connectivity index (χ0v) is 11.7. The van der Waals surface area contributed by atoms with E-state index in [2.05, 4.69) is 15.0 Å². The zero-order chi connectivity index (χ0) is 12.7. The van der Waals surface area contributed by atoms with Gasteiger partial charge in [-0.3, -0.25) is 0 Å². The second-order valence-corrected chi connectivity index (χ2v) is 6.29. The monoisotopic (exact) mass is 289 g/mol. The minimum atomic E-state index is 0.800. The van der Waals surface area contributed by atoms with Gasteiger partial charge in [0.05, 0.1) is 12.0 Å². The maximum atomic E-state index is 5.36. The van der Waals surface area contributed by atoms with E-state index in [4.69, 9.17) is 4.42 Å². The standard InChI is InChI=1S/C13H11N3OS2/c1-2-11(17-4-1)10-7-19-13(16-10)12-14-8-3-5-18-6-9(8)15-12/h1-2,4,7H,3,5-6H2,(H,14,15). The van der Waals surface area contributed by atoms with Crippen LogP contribution in [0.3, 0.4) is 0 Å². The molecule has 0 atom stereocenters. The van der Waals surface area contributed by atoms with Crippen LogP contribution in [0.15, 0.2) is 28.2 Å². The second kappa shape index (κ2) is 4.54. The van der Waals surface area contributed by atoms with Crippen LogP contribution >= 0.6 is 23.1 Å². The highest BCUT2D eigenvalue weighted by atomic mass is 32.2. The van der Waals surface area contributed by atoms with Gasteiger partial charge in [-0.15, -0.1) is 11.3 Å². The van der Waals surface area contributed by atoms with Crippen LogP contribution in [-0.2, 0) is 12.2 Å². The van der Waals surface area contributed by atoms with Gasteiger partial charge < -0.3 is 9.40 Å². The summed E-state index contributed by atoms with van der Waals surface area (Å²) in [5, 5.41) is 2.93. The molecule has 0 aromatic carbocycles. The van der Waals surface area contributed by atoms with Crippen LogP contribution in [0, 0.1) is 0 Å². The summed E-state index contributed by atoms with van der Waals surface area (Å²) in [6, 6.07) is 3.79. The number of imidazole rings is 1. The number of hydrogen-bond acceptors (Lipinski definition) is 5. The highest BCUT2D eigenvalue weighted by Gasteiger charge is 2.17. The quantitative estimate of drug-likeness (QED) is 0.783. The van der Waals surface area contributed by atoms with Crippen LogP contribution in [0.25, 0.3) is 22.3 Å². The Kier molecular flexibility index (Phi) is 2.70. The third-order valence-corrected chi connectivity index (χ3v) is 4.91. The average Bonchev–Trinajstić information content (AvgIpc) is 3.17. The molecule has 19 heavy (non-hydrogen) atoms. The molecule has 0 amide bonds. The molecule has 4 heterocycles. The van der Waals surface area contributed by atoms with E-state index < -0.39 is 0 Å². The van der Waals surface area contributed by atoms with Crippen molar-refractivity contribution in [3.63, 3.8) is 0 Å². The maximum Gasteiger partial charge on any atom is 0.167 e. The van der Waals surface area contributed by atoms with Gasteiger partial charge in [0, 0.05) is 23.2 Å². The van der Waals surface area contributed by atoms with Crippen molar-refractivity contribution in [2.24, 2.45) is 0 Å². The van der Waals surface area contributed by atoms with Crippen molar-refractivity contribution in [3.05, 3.63) is 35.2 Å². The molecule has 3 aromatic rings. The minimum Gasteiger partial charge on any atom is -0.463 e. The topological polar surface area (TPSA) is 54.7 Å². The van der Waals surface area contributed by atoms with Gasteiger partial charge in [-0.2, -0.15) is 11.8 Å². The van der Waals surface area contributed by atoms with Gasteiger partial charge >= 0.3 is 0 Å². The van der Waals surface area contributed by atoms with Crippen molar-refractivity contribution in [2.75, 3.05) is 5.75 Å². The SMILES string of the molecule is c1coc(-c2csc(-c3nc4c([nH]3)CSCC4)n2)c1. The van der Waals surface area contributed by atoms with Crippen molar-refractivity contribution >= 4 is 23.1 Å². The molecular weight excluding hydrogens is 278 g/mol. The molecule has 4 nitrogen and oxygen atoms in total. The van der Waals surface area contributed by atoms with Crippen LogP contribution in [0.5, 0.6) is 0 Å². The predicted molar refractivity (Wildman–Crippen MR) is 77.3 cm³/mol. The first-order chi connectivity index (χ1) is 9.40. The number of rotatable bonds is 2. The number of thioether (sulfide) groups is 1. The lowest BCUT2D eigenvalue weighted by Gasteiger charge is -2.07. The zero-order valence-electron chi connectivity index (χ0n) is 10.0. The Morgan fingerprint density at radius 2 is 2.32 bits per heavy atom. The summed E-state index contributed by atoms with van der Waals surface area (Å²) in [7, 11) is 0. The van der Waals surface area contributed by atoms with Gasteiger partial charge in [-0.25, -0.2) is 9.97 Å². The lowest BCUT2D eigenvalue weighted by atomic mass is 10.3. The molecule has 96 valence electrons. The third kappa shape index (κ3) is 2.01. The molecule has 0 radical (unpaired) electrons. The first-order valence-electron chi connectivity index (χ1n) is 6.05. The van der Waals surface area contributed by atoms with Crippen LogP contribution < -0.4 is 0 Å².